The fourth-order valence-electron chi connectivity index (χ4n) is 6.23. The molecule has 2 nitrogen and oxygen atoms in total. The van der Waals surface area contributed by atoms with Gasteiger partial charge in [-0.15, -0.1) is 0 Å². The van der Waals surface area contributed by atoms with Crippen LogP contribution in [0.2, 0.25) is 0 Å². The Balaban J connectivity index is 1.45. The lowest BCUT2D eigenvalue weighted by molar-refractivity contribution is 0.267. The van der Waals surface area contributed by atoms with Gasteiger partial charge in [-0.3, -0.25) is 0 Å². The van der Waals surface area contributed by atoms with Crippen molar-refractivity contribution in [1.29, 1.82) is 0 Å². The van der Waals surface area contributed by atoms with Gasteiger partial charge in [0, 0.05) is 23.2 Å². The van der Waals surface area contributed by atoms with Crippen LogP contribution in [0.15, 0.2) is 183 Å². The molecule has 2 aromatic rings. The van der Waals surface area contributed by atoms with Crippen LogP contribution in [0.25, 0.3) is 11.1 Å². The number of aryl methyl sites for hydroxylation is 1. The van der Waals surface area contributed by atoms with Crippen molar-refractivity contribution in [1.82, 2.24) is 4.90 Å². The molecule has 242 valence electrons. The number of allylic oxidation sites excluding steroid dienone is 20. The number of fused-ring (bicyclic) bond motifs is 1. The highest BCUT2D eigenvalue weighted by Gasteiger charge is 2.20. The largest absolute Gasteiger partial charge is 0.486 e. The Kier molecular flexibility index (Phi) is 12.4. The summed E-state index contributed by atoms with van der Waals surface area (Å²) in [6.07, 6.45) is 47.0. The first-order chi connectivity index (χ1) is 23.6. The molecular formula is C46H47NO. The number of rotatable bonds is 11. The van der Waals surface area contributed by atoms with Gasteiger partial charge in [-0.25, -0.2) is 0 Å². The monoisotopic (exact) mass is 629 g/mol. The molecule has 5 rings (SSSR count). The maximum Gasteiger partial charge on any atom is 0.124 e. The molecule has 1 heterocycles. The highest BCUT2D eigenvalue weighted by atomic mass is 16.5. The lowest BCUT2D eigenvalue weighted by Gasteiger charge is -2.24. The Labute approximate surface area is 288 Å². The molecule has 0 amide bonds. The summed E-state index contributed by atoms with van der Waals surface area (Å²) in [6, 6.07) is 12.8. The molecule has 0 aromatic heterocycles. The average Bonchev–Trinajstić information content (AvgIpc) is 3.49. The molecule has 1 unspecified atom stereocenters. The van der Waals surface area contributed by atoms with Crippen LogP contribution in [-0.2, 0) is 12.8 Å². The van der Waals surface area contributed by atoms with Crippen molar-refractivity contribution in [3.63, 3.8) is 0 Å². The van der Waals surface area contributed by atoms with E-state index < -0.39 is 0 Å². The maximum absolute atomic E-state index is 6.57. The number of hydrogen-bond acceptors (Lipinski definition) is 2. The van der Waals surface area contributed by atoms with E-state index in [1.54, 1.807) is 0 Å². The zero-order valence-corrected chi connectivity index (χ0v) is 28.4. The minimum atomic E-state index is -0.0106. The van der Waals surface area contributed by atoms with Crippen LogP contribution in [0, 0.1) is 6.92 Å². The van der Waals surface area contributed by atoms with E-state index in [1.165, 1.54) is 39.0 Å². The van der Waals surface area contributed by atoms with Crippen LogP contribution in [0.3, 0.4) is 0 Å². The fraction of sp³-hybridized carbons (Fsp3) is 0.174. The van der Waals surface area contributed by atoms with E-state index in [-0.39, 0.29) is 6.10 Å². The molecular weight excluding hydrogens is 583 g/mol. The molecule has 0 bridgehead atoms. The quantitative estimate of drug-likeness (QED) is 0.229. The molecule has 0 N–H and O–H groups in total. The molecule has 0 spiro atoms. The summed E-state index contributed by atoms with van der Waals surface area (Å²) in [5, 5.41) is 0. The molecule has 48 heavy (non-hydrogen) atoms. The normalized spacial score (nSPS) is 19.1. The molecule has 3 aliphatic rings. The molecule has 0 radical (unpaired) electrons. The van der Waals surface area contributed by atoms with Crippen molar-refractivity contribution in [2.24, 2.45) is 0 Å². The zero-order valence-electron chi connectivity index (χ0n) is 28.4. The van der Waals surface area contributed by atoms with Crippen LogP contribution in [0.4, 0.5) is 0 Å². The van der Waals surface area contributed by atoms with Gasteiger partial charge < -0.3 is 9.64 Å². The Hall–Kier alpha value is -5.34. The van der Waals surface area contributed by atoms with E-state index in [0.29, 0.717) is 0 Å². The van der Waals surface area contributed by atoms with Gasteiger partial charge in [-0.1, -0.05) is 122 Å². The van der Waals surface area contributed by atoms with Crippen LogP contribution < -0.4 is 4.74 Å². The van der Waals surface area contributed by atoms with Crippen molar-refractivity contribution in [2.45, 2.75) is 52.1 Å². The third-order valence-corrected chi connectivity index (χ3v) is 8.60. The van der Waals surface area contributed by atoms with Gasteiger partial charge in [0.05, 0.1) is 0 Å². The summed E-state index contributed by atoms with van der Waals surface area (Å²) in [4.78, 5) is 2.20. The molecule has 0 saturated carbocycles. The SMILES string of the molecule is C=C/C=C/N(C1=CC(c2ccccc2)=CCC=C1)C(/C=C\CCc1cc2c(c(C3=CC=CC=CC3)c1C)C/C=C\C=C/C(C)O2)=C/C=C. The first-order valence-corrected chi connectivity index (χ1v) is 17.0. The fourth-order valence-corrected chi connectivity index (χ4v) is 6.23. The smallest absolute Gasteiger partial charge is 0.124 e. The maximum atomic E-state index is 6.57. The summed E-state index contributed by atoms with van der Waals surface area (Å²) in [5.74, 6) is 0.985. The van der Waals surface area contributed by atoms with Crippen molar-refractivity contribution < 1.29 is 4.74 Å². The Morgan fingerprint density at radius 1 is 0.979 bits per heavy atom. The van der Waals surface area contributed by atoms with Gasteiger partial charge in [-0.2, -0.15) is 0 Å². The summed E-state index contributed by atoms with van der Waals surface area (Å²) in [7, 11) is 0. The second-order valence-corrected chi connectivity index (χ2v) is 12.0. The van der Waals surface area contributed by atoms with E-state index >= 15 is 0 Å². The summed E-state index contributed by atoms with van der Waals surface area (Å²) in [6.45, 7) is 12.4. The number of benzene rings is 2. The molecule has 1 atom stereocenters. The van der Waals surface area contributed by atoms with Crippen molar-refractivity contribution in [3.05, 3.63) is 210 Å². The topological polar surface area (TPSA) is 12.5 Å². The minimum Gasteiger partial charge on any atom is -0.486 e. The Bertz CT molecular complexity index is 1810. The van der Waals surface area contributed by atoms with E-state index in [1.807, 2.05) is 18.2 Å². The predicted octanol–water partition coefficient (Wildman–Crippen LogP) is 11.8. The van der Waals surface area contributed by atoms with Crippen LogP contribution in [-0.4, -0.2) is 11.0 Å². The number of hydrogen-bond donors (Lipinski definition) is 0. The van der Waals surface area contributed by atoms with E-state index in [9.17, 15) is 0 Å². The van der Waals surface area contributed by atoms with Gasteiger partial charge in [-0.05, 0) is 122 Å². The van der Waals surface area contributed by atoms with Crippen molar-refractivity contribution in [2.75, 3.05) is 0 Å². The van der Waals surface area contributed by atoms with E-state index in [4.69, 9.17) is 4.74 Å². The summed E-state index contributed by atoms with van der Waals surface area (Å²) < 4.78 is 6.57. The highest BCUT2D eigenvalue weighted by Crippen LogP contribution is 2.38. The predicted molar refractivity (Wildman–Crippen MR) is 207 cm³/mol. The van der Waals surface area contributed by atoms with Gasteiger partial charge in [0.2, 0.25) is 0 Å². The standard InChI is InChI=1S/C46H47NO/c1-5-7-33-47(43-31-21-19-29-41(34-43)38-24-15-11-16-25-38)42(22-6-2)30-20-18-28-40-35-45-44(32-17-10-12-23-36(3)48-45)46(37(40)4)39-26-13-8-9-14-27-39/h5-17,20-26,29-31,33-36H,1-2,18-19,27-28,32H2,3-4H3/b17-10-,23-12-,30-20-,33-7+,42-22+. The highest BCUT2D eigenvalue weighted by molar-refractivity contribution is 5.77. The van der Waals surface area contributed by atoms with Gasteiger partial charge in [0.15, 0.2) is 0 Å². The average molecular weight is 630 g/mol. The Morgan fingerprint density at radius 2 is 1.81 bits per heavy atom. The van der Waals surface area contributed by atoms with Gasteiger partial charge in [0.25, 0.3) is 0 Å². The Morgan fingerprint density at radius 3 is 2.65 bits per heavy atom. The van der Waals surface area contributed by atoms with Crippen molar-refractivity contribution in [3.8, 4) is 5.75 Å². The van der Waals surface area contributed by atoms with Crippen LogP contribution >= 0.6 is 0 Å². The summed E-state index contributed by atoms with van der Waals surface area (Å²) in [5.41, 5.74) is 11.1. The number of nitrogens with zero attached hydrogens (tertiary/aromatic N) is 1. The van der Waals surface area contributed by atoms with Crippen molar-refractivity contribution >= 4 is 11.1 Å². The van der Waals surface area contributed by atoms with E-state index in [0.717, 1.165) is 49.2 Å². The third kappa shape index (κ3) is 8.92. The molecule has 2 aliphatic carbocycles. The molecule has 1 aliphatic heterocycles. The van der Waals surface area contributed by atoms with Crippen LogP contribution in [0.5, 0.6) is 5.75 Å². The second-order valence-electron chi connectivity index (χ2n) is 12.0. The third-order valence-electron chi connectivity index (χ3n) is 8.60. The first kappa shape index (κ1) is 34.0. The second kappa shape index (κ2) is 17.5. The lowest BCUT2D eigenvalue weighted by atomic mass is 9.86. The molecule has 2 aromatic carbocycles. The van der Waals surface area contributed by atoms with Gasteiger partial charge >= 0.3 is 0 Å². The first-order valence-electron chi connectivity index (χ1n) is 17.0. The lowest BCUT2D eigenvalue weighted by Crippen LogP contribution is -2.14. The summed E-state index contributed by atoms with van der Waals surface area (Å²) >= 11 is 0. The number of ether oxygens (including phenoxy) is 1. The van der Waals surface area contributed by atoms with Gasteiger partial charge in [0.1, 0.15) is 11.9 Å². The molecule has 0 saturated heterocycles. The molecule has 2 heteroatoms. The molecule has 0 fully saturated rings. The van der Waals surface area contributed by atoms with E-state index in [2.05, 4.69) is 172 Å². The van der Waals surface area contributed by atoms with Crippen LogP contribution in [0.1, 0.15) is 54.0 Å². The zero-order chi connectivity index (χ0) is 33.6. The minimum absolute atomic E-state index is 0.0106.